The van der Waals surface area contributed by atoms with E-state index in [1.807, 2.05) is 30.5 Å². The van der Waals surface area contributed by atoms with E-state index < -0.39 is 0 Å². The SMILES string of the molecule is Cc1cc(/C=C2/SC(=O)N(c3ccccc3)C2=O)c(C)n1-c1ccc(F)cc1. The molecule has 0 unspecified atom stereocenters. The summed E-state index contributed by atoms with van der Waals surface area (Å²) in [4.78, 5) is 26.8. The second-order valence-electron chi connectivity index (χ2n) is 6.49. The zero-order chi connectivity index (χ0) is 19.8. The molecule has 1 aliphatic rings. The summed E-state index contributed by atoms with van der Waals surface area (Å²) in [6, 6.07) is 17.1. The van der Waals surface area contributed by atoms with Crippen LogP contribution >= 0.6 is 11.8 Å². The van der Waals surface area contributed by atoms with Crippen molar-refractivity contribution >= 4 is 34.7 Å². The van der Waals surface area contributed by atoms with E-state index in [-0.39, 0.29) is 17.0 Å². The van der Waals surface area contributed by atoms with E-state index in [9.17, 15) is 14.0 Å². The van der Waals surface area contributed by atoms with Gasteiger partial charge in [-0.3, -0.25) is 9.59 Å². The Morgan fingerprint density at radius 3 is 2.29 bits per heavy atom. The Balaban J connectivity index is 1.70. The lowest BCUT2D eigenvalue weighted by molar-refractivity contribution is -0.113. The van der Waals surface area contributed by atoms with Crippen LogP contribution in [0, 0.1) is 19.7 Å². The molecule has 28 heavy (non-hydrogen) atoms. The summed E-state index contributed by atoms with van der Waals surface area (Å²) >= 11 is 0.933. The quantitative estimate of drug-likeness (QED) is 0.555. The predicted octanol–water partition coefficient (Wildman–Crippen LogP) is 5.47. The Morgan fingerprint density at radius 1 is 0.929 bits per heavy atom. The number of rotatable bonds is 3. The number of aryl methyl sites for hydroxylation is 1. The second-order valence-corrected chi connectivity index (χ2v) is 7.48. The van der Waals surface area contributed by atoms with Crippen LogP contribution in [0.5, 0.6) is 0 Å². The molecule has 1 aliphatic heterocycles. The maximum absolute atomic E-state index is 13.2. The molecule has 3 aromatic rings. The number of benzene rings is 2. The van der Waals surface area contributed by atoms with Gasteiger partial charge in [0.05, 0.1) is 10.6 Å². The normalized spacial score (nSPS) is 15.7. The lowest BCUT2D eigenvalue weighted by atomic mass is 10.2. The van der Waals surface area contributed by atoms with Crippen LogP contribution in [0.1, 0.15) is 17.0 Å². The topological polar surface area (TPSA) is 42.3 Å². The molecule has 4 rings (SSSR count). The van der Waals surface area contributed by atoms with Crippen LogP contribution < -0.4 is 4.90 Å². The molecular formula is C22H17FN2O2S. The number of para-hydroxylation sites is 1. The first-order valence-corrected chi connectivity index (χ1v) is 9.55. The Morgan fingerprint density at radius 2 is 1.61 bits per heavy atom. The number of thioether (sulfide) groups is 1. The third-order valence-corrected chi connectivity index (χ3v) is 5.52. The highest BCUT2D eigenvalue weighted by Gasteiger charge is 2.36. The molecule has 0 saturated carbocycles. The first-order chi connectivity index (χ1) is 13.5. The number of halogens is 1. The number of imide groups is 1. The van der Waals surface area contributed by atoms with Gasteiger partial charge in [-0.2, -0.15) is 0 Å². The van der Waals surface area contributed by atoms with E-state index in [1.165, 1.54) is 17.0 Å². The van der Waals surface area contributed by atoms with E-state index in [0.717, 1.165) is 34.4 Å². The van der Waals surface area contributed by atoms with E-state index in [2.05, 4.69) is 0 Å². The molecule has 0 aliphatic carbocycles. The molecule has 0 N–H and O–H groups in total. The number of anilines is 1. The highest BCUT2D eigenvalue weighted by molar-refractivity contribution is 8.19. The van der Waals surface area contributed by atoms with Gasteiger partial charge in [0.25, 0.3) is 11.1 Å². The van der Waals surface area contributed by atoms with Crippen LogP contribution in [0.15, 0.2) is 65.6 Å². The molecule has 2 amide bonds. The average molecular weight is 392 g/mol. The van der Waals surface area contributed by atoms with Gasteiger partial charge in [0.2, 0.25) is 0 Å². The van der Waals surface area contributed by atoms with Gasteiger partial charge in [0.15, 0.2) is 0 Å². The van der Waals surface area contributed by atoms with E-state index in [1.54, 1.807) is 42.5 Å². The minimum absolute atomic E-state index is 0.291. The summed E-state index contributed by atoms with van der Waals surface area (Å²) < 4.78 is 15.2. The Labute approximate surface area is 166 Å². The third-order valence-electron chi connectivity index (χ3n) is 4.65. The number of amides is 2. The van der Waals surface area contributed by atoms with Crippen molar-refractivity contribution in [3.8, 4) is 5.69 Å². The van der Waals surface area contributed by atoms with Gasteiger partial charge in [-0.1, -0.05) is 18.2 Å². The largest absolute Gasteiger partial charge is 0.318 e. The number of carbonyl (C=O) groups excluding carboxylic acids is 2. The van der Waals surface area contributed by atoms with E-state index >= 15 is 0 Å². The summed E-state index contributed by atoms with van der Waals surface area (Å²) in [6.07, 6.45) is 1.75. The Bertz CT molecular complexity index is 1100. The van der Waals surface area contributed by atoms with Crippen molar-refractivity contribution in [2.75, 3.05) is 4.90 Å². The number of aromatic nitrogens is 1. The van der Waals surface area contributed by atoms with Crippen molar-refractivity contribution in [3.63, 3.8) is 0 Å². The molecule has 0 radical (unpaired) electrons. The lowest BCUT2D eigenvalue weighted by Crippen LogP contribution is -2.27. The van der Waals surface area contributed by atoms with Gasteiger partial charge in [-0.05, 0) is 79.7 Å². The zero-order valence-electron chi connectivity index (χ0n) is 15.3. The van der Waals surface area contributed by atoms with E-state index in [4.69, 9.17) is 0 Å². The first-order valence-electron chi connectivity index (χ1n) is 8.73. The molecule has 6 heteroatoms. The smallest absolute Gasteiger partial charge is 0.298 e. The van der Waals surface area contributed by atoms with Gasteiger partial charge in [-0.15, -0.1) is 0 Å². The summed E-state index contributed by atoms with van der Waals surface area (Å²) in [5.74, 6) is -0.617. The molecule has 2 aromatic carbocycles. The van der Waals surface area contributed by atoms with Crippen LogP contribution in [0.4, 0.5) is 14.9 Å². The highest BCUT2D eigenvalue weighted by Crippen LogP contribution is 2.36. The van der Waals surface area contributed by atoms with E-state index in [0.29, 0.717) is 10.6 Å². The van der Waals surface area contributed by atoms with Crippen molar-refractivity contribution in [3.05, 3.63) is 88.3 Å². The third kappa shape index (κ3) is 3.16. The second kappa shape index (κ2) is 7.13. The van der Waals surface area contributed by atoms with Crippen molar-refractivity contribution in [1.82, 2.24) is 4.57 Å². The lowest BCUT2D eigenvalue weighted by Gasteiger charge is -2.11. The molecule has 1 aromatic heterocycles. The summed E-state index contributed by atoms with van der Waals surface area (Å²) in [5, 5.41) is -0.310. The monoisotopic (exact) mass is 392 g/mol. The van der Waals surface area contributed by atoms with Gasteiger partial charge in [0.1, 0.15) is 5.82 Å². The minimum atomic E-state index is -0.326. The fraction of sp³-hybridized carbons (Fsp3) is 0.0909. The number of nitrogens with zero attached hydrogens (tertiary/aromatic N) is 2. The molecule has 0 atom stereocenters. The molecule has 4 nitrogen and oxygen atoms in total. The van der Waals surface area contributed by atoms with Crippen molar-refractivity contribution < 1.29 is 14.0 Å². The molecule has 0 spiro atoms. The first kappa shape index (κ1) is 18.3. The van der Waals surface area contributed by atoms with Gasteiger partial charge < -0.3 is 4.57 Å². The number of hydrogen-bond donors (Lipinski definition) is 0. The molecule has 2 heterocycles. The zero-order valence-corrected chi connectivity index (χ0v) is 16.2. The highest BCUT2D eigenvalue weighted by atomic mass is 32.2. The standard InChI is InChI=1S/C22H17FN2O2S/c1-14-12-16(15(2)24(14)19-10-8-17(23)9-11-19)13-20-21(26)25(22(27)28-20)18-6-4-3-5-7-18/h3-13H,1-2H3/b20-13+. The summed E-state index contributed by atoms with van der Waals surface area (Å²) in [5.41, 5.74) is 4.12. The molecule has 0 bridgehead atoms. The van der Waals surface area contributed by atoms with Crippen LogP contribution in [-0.4, -0.2) is 15.7 Å². The number of carbonyl (C=O) groups is 2. The molecule has 1 saturated heterocycles. The van der Waals surface area contributed by atoms with Crippen LogP contribution in [-0.2, 0) is 4.79 Å². The maximum Gasteiger partial charge on any atom is 0.298 e. The van der Waals surface area contributed by atoms with Crippen molar-refractivity contribution in [2.24, 2.45) is 0 Å². The molecule has 1 fully saturated rings. The van der Waals surface area contributed by atoms with Crippen molar-refractivity contribution in [2.45, 2.75) is 13.8 Å². The van der Waals surface area contributed by atoms with Gasteiger partial charge in [-0.25, -0.2) is 9.29 Å². The maximum atomic E-state index is 13.2. The molecular weight excluding hydrogens is 375 g/mol. The fourth-order valence-electron chi connectivity index (χ4n) is 3.33. The van der Waals surface area contributed by atoms with Crippen LogP contribution in [0.2, 0.25) is 0 Å². The van der Waals surface area contributed by atoms with Gasteiger partial charge in [0, 0.05) is 17.1 Å². The van der Waals surface area contributed by atoms with Crippen molar-refractivity contribution in [1.29, 1.82) is 0 Å². The predicted molar refractivity (Wildman–Crippen MR) is 110 cm³/mol. The molecule has 140 valence electrons. The van der Waals surface area contributed by atoms with Crippen LogP contribution in [0.25, 0.3) is 11.8 Å². The van der Waals surface area contributed by atoms with Gasteiger partial charge >= 0.3 is 0 Å². The number of hydrogen-bond acceptors (Lipinski definition) is 3. The van der Waals surface area contributed by atoms with Crippen LogP contribution in [0.3, 0.4) is 0 Å². The Kier molecular flexibility index (Phi) is 4.65. The summed E-state index contributed by atoms with van der Waals surface area (Å²) in [6.45, 7) is 3.88. The summed E-state index contributed by atoms with van der Waals surface area (Å²) in [7, 11) is 0. The Hall–Kier alpha value is -3.12. The average Bonchev–Trinajstić information content (AvgIpc) is 3.12. The fourth-order valence-corrected chi connectivity index (χ4v) is 4.16. The minimum Gasteiger partial charge on any atom is -0.318 e.